The lowest BCUT2D eigenvalue weighted by Crippen LogP contribution is -2.61. The predicted molar refractivity (Wildman–Crippen MR) is 138 cm³/mol. The number of aliphatic hydroxyl groups excluding tert-OH is 3. The number of nitrogens with one attached hydrogen (secondary N) is 1. The van der Waals surface area contributed by atoms with E-state index in [4.69, 9.17) is 0 Å². The summed E-state index contributed by atoms with van der Waals surface area (Å²) in [5, 5.41) is 37.7. The first-order valence-corrected chi connectivity index (χ1v) is 14.3. The van der Waals surface area contributed by atoms with Crippen LogP contribution >= 0.6 is 0 Å². The molecule has 6 nitrogen and oxygen atoms in total. The maximum Gasteiger partial charge on any atom is 0.259 e. The lowest BCUT2D eigenvalue weighted by Gasteiger charge is -2.54. The molecule has 2 saturated carbocycles. The second-order valence-corrected chi connectivity index (χ2v) is 13.3. The fourth-order valence-electron chi connectivity index (χ4n) is 9.20. The zero-order valence-electron chi connectivity index (χ0n) is 22.6. The highest BCUT2D eigenvalue weighted by Gasteiger charge is 2.65. The molecule has 0 aromatic heterocycles. The van der Waals surface area contributed by atoms with Crippen LogP contribution in [-0.2, 0) is 9.59 Å². The molecule has 0 aromatic carbocycles. The summed E-state index contributed by atoms with van der Waals surface area (Å²) in [7, 11) is 0. The van der Waals surface area contributed by atoms with Gasteiger partial charge in [-0.15, -0.1) is 0 Å². The number of hydrogen-bond donors (Lipinski definition) is 4. The molecule has 1 heterocycles. The Morgan fingerprint density at radius 1 is 1.06 bits per heavy atom. The van der Waals surface area contributed by atoms with Crippen LogP contribution in [0.3, 0.4) is 0 Å². The van der Waals surface area contributed by atoms with Gasteiger partial charge in [0.2, 0.25) is 0 Å². The Morgan fingerprint density at radius 2 is 1.78 bits per heavy atom. The van der Waals surface area contributed by atoms with Crippen LogP contribution in [0.2, 0.25) is 0 Å². The number of rotatable bonds is 1. The third kappa shape index (κ3) is 3.42. The van der Waals surface area contributed by atoms with Crippen LogP contribution in [0, 0.1) is 40.4 Å². The van der Waals surface area contributed by atoms with Gasteiger partial charge in [0.1, 0.15) is 16.9 Å². The molecule has 5 rings (SSSR count). The van der Waals surface area contributed by atoms with E-state index >= 15 is 0 Å². The summed E-state index contributed by atoms with van der Waals surface area (Å²) in [5.41, 5.74) is -1.51. The van der Waals surface area contributed by atoms with E-state index in [2.05, 4.69) is 39.1 Å². The van der Waals surface area contributed by atoms with Crippen molar-refractivity contribution in [3.8, 4) is 0 Å². The number of carbonyl (C=O) groups excluding carboxylic acids is 2. The Hall–Kier alpha value is -1.66. The summed E-state index contributed by atoms with van der Waals surface area (Å²) in [4.78, 5) is 28.1. The number of hydrogen-bond acceptors (Lipinski definition) is 5. The lowest BCUT2D eigenvalue weighted by atomic mass is 9.51. The van der Waals surface area contributed by atoms with Gasteiger partial charge >= 0.3 is 0 Å². The second-order valence-electron chi connectivity index (χ2n) is 13.3. The first kappa shape index (κ1) is 26.0. The average Bonchev–Trinajstić information content (AvgIpc) is 3.07. The minimum Gasteiger partial charge on any atom is -0.511 e. The zero-order valence-corrected chi connectivity index (χ0v) is 22.6. The van der Waals surface area contributed by atoms with Gasteiger partial charge < -0.3 is 20.6 Å². The summed E-state index contributed by atoms with van der Waals surface area (Å²) in [5.74, 6) is -0.820. The first-order chi connectivity index (χ1) is 16.9. The molecule has 1 saturated heterocycles. The van der Waals surface area contributed by atoms with Crippen LogP contribution in [0.5, 0.6) is 0 Å². The maximum atomic E-state index is 14.4. The minimum absolute atomic E-state index is 0.0303. The van der Waals surface area contributed by atoms with Crippen LogP contribution in [0.1, 0.15) is 92.4 Å². The Labute approximate surface area is 215 Å². The summed E-state index contributed by atoms with van der Waals surface area (Å²) in [6, 6.07) is 0. The van der Waals surface area contributed by atoms with Crippen molar-refractivity contribution < 1.29 is 24.9 Å². The van der Waals surface area contributed by atoms with Crippen LogP contribution < -0.4 is 5.32 Å². The number of allylic oxidation sites excluding steroid dienone is 2. The van der Waals surface area contributed by atoms with E-state index in [0.29, 0.717) is 19.3 Å². The molecule has 0 unspecified atom stereocenters. The lowest BCUT2D eigenvalue weighted by molar-refractivity contribution is -0.126. The summed E-state index contributed by atoms with van der Waals surface area (Å²) in [6.45, 7) is 10.3. The molecule has 1 aliphatic heterocycles. The van der Waals surface area contributed by atoms with Gasteiger partial charge in [0, 0.05) is 10.8 Å². The molecule has 36 heavy (non-hydrogen) atoms. The highest BCUT2D eigenvalue weighted by molar-refractivity contribution is 6.29. The van der Waals surface area contributed by atoms with Gasteiger partial charge in [-0.3, -0.25) is 9.59 Å². The van der Waals surface area contributed by atoms with E-state index in [9.17, 15) is 24.9 Å². The SMILES string of the molecule is CC[C@@H]1C[C@]2(C)C=C(C)[C@H](C)C[C@]23NC(=O)/C(=C(/O)[C@]2(C)[C@@H](CC[C@H]4[C@H]2CCC[C@@H]4O)C[C@H]1O)C3=O. The summed E-state index contributed by atoms with van der Waals surface area (Å²) in [6.07, 6.45) is 7.63. The fraction of sp³-hybridized carbons (Fsp3) is 0.800. The largest absolute Gasteiger partial charge is 0.511 e. The Morgan fingerprint density at radius 3 is 2.47 bits per heavy atom. The highest BCUT2D eigenvalue weighted by Crippen LogP contribution is 2.61. The molecule has 4 aliphatic carbocycles. The van der Waals surface area contributed by atoms with Gasteiger partial charge in [-0.25, -0.2) is 0 Å². The Balaban J connectivity index is 1.74. The van der Waals surface area contributed by atoms with Crippen molar-refractivity contribution in [2.75, 3.05) is 0 Å². The quantitative estimate of drug-likeness (QED) is 0.312. The topological polar surface area (TPSA) is 107 Å². The minimum atomic E-state index is -1.13. The van der Waals surface area contributed by atoms with E-state index in [1.807, 2.05) is 6.92 Å². The van der Waals surface area contributed by atoms with Gasteiger partial charge in [-0.2, -0.15) is 0 Å². The molecule has 6 heteroatoms. The van der Waals surface area contributed by atoms with Crippen molar-refractivity contribution in [1.29, 1.82) is 0 Å². The van der Waals surface area contributed by atoms with Crippen molar-refractivity contribution in [2.45, 2.75) is 110 Å². The Bertz CT molecular complexity index is 1020. The molecule has 5 aliphatic rings. The van der Waals surface area contributed by atoms with Crippen molar-refractivity contribution in [3.05, 3.63) is 23.0 Å². The zero-order chi connectivity index (χ0) is 26.2. The Kier molecular flexibility index (Phi) is 6.27. The third-order valence-electron chi connectivity index (χ3n) is 11.6. The van der Waals surface area contributed by atoms with Crippen molar-refractivity contribution in [1.82, 2.24) is 5.32 Å². The smallest absolute Gasteiger partial charge is 0.259 e. The molecule has 0 aromatic rings. The molecule has 0 radical (unpaired) electrons. The van der Waals surface area contributed by atoms with E-state index in [1.54, 1.807) is 0 Å². The van der Waals surface area contributed by atoms with Gasteiger partial charge in [0.15, 0.2) is 5.78 Å². The second kappa shape index (κ2) is 8.69. The van der Waals surface area contributed by atoms with Crippen LogP contribution in [-0.4, -0.2) is 44.8 Å². The number of ketones is 1. The van der Waals surface area contributed by atoms with Gasteiger partial charge in [-0.05, 0) is 81.5 Å². The summed E-state index contributed by atoms with van der Waals surface area (Å²) >= 11 is 0. The first-order valence-electron chi connectivity index (χ1n) is 14.3. The molecular weight excluding hydrogens is 454 g/mol. The van der Waals surface area contributed by atoms with Gasteiger partial charge in [-0.1, -0.05) is 52.2 Å². The molecule has 3 fully saturated rings. The van der Waals surface area contributed by atoms with Crippen molar-refractivity contribution >= 4 is 11.7 Å². The number of fused-ring (bicyclic) bond motifs is 4. The molecule has 4 N–H and O–H groups in total. The van der Waals surface area contributed by atoms with E-state index in [0.717, 1.165) is 38.5 Å². The van der Waals surface area contributed by atoms with Crippen molar-refractivity contribution in [2.24, 2.45) is 40.4 Å². The number of carbonyl (C=O) groups is 2. The average molecular weight is 500 g/mol. The van der Waals surface area contributed by atoms with Crippen molar-refractivity contribution in [3.63, 3.8) is 0 Å². The van der Waals surface area contributed by atoms with Crippen LogP contribution in [0.4, 0.5) is 0 Å². The molecule has 10 atom stereocenters. The predicted octanol–water partition coefficient (Wildman–Crippen LogP) is 4.60. The van der Waals surface area contributed by atoms with Crippen LogP contribution in [0.15, 0.2) is 23.0 Å². The fourth-order valence-corrected chi connectivity index (χ4v) is 9.20. The van der Waals surface area contributed by atoms with Crippen LogP contribution in [0.25, 0.3) is 0 Å². The van der Waals surface area contributed by atoms with E-state index in [-0.39, 0.29) is 46.7 Å². The van der Waals surface area contributed by atoms with Gasteiger partial charge in [0.05, 0.1) is 12.2 Å². The molecule has 1 amide bonds. The third-order valence-corrected chi connectivity index (χ3v) is 11.6. The highest BCUT2D eigenvalue weighted by atomic mass is 16.3. The molecule has 2 bridgehead atoms. The molecule has 1 spiro atoms. The van der Waals surface area contributed by atoms with E-state index in [1.165, 1.54) is 5.57 Å². The monoisotopic (exact) mass is 499 g/mol. The van der Waals surface area contributed by atoms with E-state index < -0.39 is 34.5 Å². The molecule has 200 valence electrons. The summed E-state index contributed by atoms with van der Waals surface area (Å²) < 4.78 is 0. The van der Waals surface area contributed by atoms with Gasteiger partial charge in [0.25, 0.3) is 5.91 Å². The number of Topliss-reactive ketones (excluding diaryl/α,β-unsaturated/α-hetero) is 1. The number of aliphatic hydroxyl groups is 3. The standard InChI is InChI=1S/C30H45NO5/c1-6-18-15-28(4)13-16(2)17(3)14-30(28)26(35)24(27(36)31-30)25(34)29(5)19(12-23(18)33)10-11-20-21(29)8-7-9-22(20)32/h13,17-23,32-34H,6-12,14-15H2,1-5H3,(H,31,36)/b25-24+/t17-,18-,19+,20+,21-,22+,23-,28+,29-,30-/m1/s1. The number of amides is 1. The normalized spacial score (nSPS) is 51.3. The maximum absolute atomic E-state index is 14.4. The molecular formula is C30H45NO5.